The molecule has 6 rings (SSSR count). The number of amides is 1. The molecule has 3 fully saturated rings. The van der Waals surface area contributed by atoms with Crippen LogP contribution in [0.4, 0.5) is 13.2 Å². The summed E-state index contributed by atoms with van der Waals surface area (Å²) in [6.07, 6.45) is 2.65. The zero-order valence-corrected chi connectivity index (χ0v) is 25.3. The Labute approximate surface area is 247 Å². The third-order valence-corrected chi connectivity index (χ3v) is 10.3. The van der Waals surface area contributed by atoms with E-state index in [0.717, 1.165) is 55.6 Å². The van der Waals surface area contributed by atoms with Gasteiger partial charge in [-0.3, -0.25) is 9.69 Å². The number of para-hydroxylation sites is 2. The highest BCUT2D eigenvalue weighted by molar-refractivity contribution is 5.81. The van der Waals surface area contributed by atoms with Gasteiger partial charge < -0.3 is 9.47 Å². The first kappa shape index (κ1) is 29.2. The van der Waals surface area contributed by atoms with E-state index < -0.39 is 17.2 Å². The molecule has 1 unspecified atom stereocenters. The van der Waals surface area contributed by atoms with Crippen molar-refractivity contribution in [3.8, 4) is 0 Å². The van der Waals surface area contributed by atoms with Gasteiger partial charge in [0, 0.05) is 36.6 Å². The SMILES string of the molecule is Cc1nc2ccccc2n1C1C[C@H]2CC[C@@H](C1)N2CCC1(c2ccc(C(F)(F)F)cc2)CCN(C(=O)C(C)(C)C)CC1. The molecule has 3 aliphatic heterocycles. The Morgan fingerprint density at radius 3 is 2.14 bits per heavy atom. The van der Waals surface area contributed by atoms with E-state index in [9.17, 15) is 18.0 Å². The highest BCUT2D eigenvalue weighted by Crippen LogP contribution is 2.45. The Morgan fingerprint density at radius 2 is 1.55 bits per heavy atom. The number of likely N-dealkylation sites (tertiary alicyclic amines) is 1. The predicted molar refractivity (Wildman–Crippen MR) is 159 cm³/mol. The van der Waals surface area contributed by atoms with Crippen molar-refractivity contribution >= 4 is 16.9 Å². The van der Waals surface area contributed by atoms with Gasteiger partial charge in [0.15, 0.2) is 0 Å². The number of piperidine rings is 2. The minimum Gasteiger partial charge on any atom is -0.342 e. The first-order valence-corrected chi connectivity index (χ1v) is 15.5. The van der Waals surface area contributed by atoms with Crippen LogP contribution in [-0.2, 0) is 16.4 Å². The van der Waals surface area contributed by atoms with Crippen LogP contribution in [0.3, 0.4) is 0 Å². The van der Waals surface area contributed by atoms with Gasteiger partial charge in [-0.25, -0.2) is 4.98 Å². The van der Waals surface area contributed by atoms with Crippen molar-refractivity contribution in [2.45, 2.75) is 102 Å². The molecule has 1 amide bonds. The maximum atomic E-state index is 13.4. The molecule has 0 radical (unpaired) electrons. The van der Waals surface area contributed by atoms with Crippen molar-refractivity contribution in [3.63, 3.8) is 0 Å². The fraction of sp³-hybridized carbons (Fsp3) is 0.588. The van der Waals surface area contributed by atoms with Gasteiger partial charge in [-0.2, -0.15) is 13.2 Å². The van der Waals surface area contributed by atoms with Crippen molar-refractivity contribution in [3.05, 3.63) is 65.5 Å². The van der Waals surface area contributed by atoms with Crippen molar-refractivity contribution in [1.82, 2.24) is 19.4 Å². The van der Waals surface area contributed by atoms with Crippen molar-refractivity contribution in [2.75, 3.05) is 19.6 Å². The van der Waals surface area contributed by atoms with Gasteiger partial charge in [-0.15, -0.1) is 0 Å². The van der Waals surface area contributed by atoms with E-state index in [2.05, 4.69) is 34.6 Å². The number of rotatable bonds is 5. The normalized spacial score (nSPS) is 24.8. The molecule has 0 N–H and O–H groups in total. The summed E-state index contributed by atoms with van der Waals surface area (Å²) in [6.45, 7) is 10.2. The predicted octanol–water partition coefficient (Wildman–Crippen LogP) is 7.53. The van der Waals surface area contributed by atoms with Gasteiger partial charge in [0.2, 0.25) is 5.91 Å². The lowest BCUT2D eigenvalue weighted by Crippen LogP contribution is -2.50. The first-order valence-electron chi connectivity index (χ1n) is 15.5. The molecule has 2 aromatic carbocycles. The highest BCUT2D eigenvalue weighted by Gasteiger charge is 2.45. The van der Waals surface area contributed by atoms with Crippen molar-refractivity contribution < 1.29 is 18.0 Å². The average Bonchev–Trinajstić information content (AvgIpc) is 3.41. The van der Waals surface area contributed by atoms with Crippen LogP contribution in [0.15, 0.2) is 48.5 Å². The smallest absolute Gasteiger partial charge is 0.342 e. The summed E-state index contributed by atoms with van der Waals surface area (Å²) in [4.78, 5) is 22.5. The zero-order chi connectivity index (χ0) is 29.9. The van der Waals surface area contributed by atoms with Crippen LogP contribution < -0.4 is 0 Å². The van der Waals surface area contributed by atoms with E-state index in [-0.39, 0.29) is 11.3 Å². The Bertz CT molecular complexity index is 1420. The fourth-order valence-electron chi connectivity index (χ4n) is 8.10. The maximum Gasteiger partial charge on any atom is 0.416 e. The summed E-state index contributed by atoms with van der Waals surface area (Å²) >= 11 is 0. The summed E-state index contributed by atoms with van der Waals surface area (Å²) in [5.41, 5.74) is 1.94. The van der Waals surface area contributed by atoms with Gasteiger partial charge in [0.1, 0.15) is 5.82 Å². The van der Waals surface area contributed by atoms with Crippen LogP contribution in [-0.4, -0.2) is 57.0 Å². The van der Waals surface area contributed by atoms with E-state index >= 15 is 0 Å². The quantitative estimate of drug-likeness (QED) is 0.313. The molecule has 0 saturated carbocycles. The van der Waals surface area contributed by atoms with E-state index in [4.69, 9.17) is 4.98 Å². The van der Waals surface area contributed by atoms with E-state index in [1.165, 1.54) is 30.5 Å². The molecule has 2 bridgehead atoms. The number of imidazole rings is 1. The summed E-state index contributed by atoms with van der Waals surface area (Å²) in [7, 11) is 0. The average molecular weight is 581 g/mol. The number of alkyl halides is 3. The monoisotopic (exact) mass is 580 g/mol. The number of hydrogen-bond acceptors (Lipinski definition) is 3. The van der Waals surface area contributed by atoms with E-state index in [1.807, 2.05) is 31.7 Å². The van der Waals surface area contributed by atoms with Crippen LogP contribution in [0.2, 0.25) is 0 Å². The second-order valence-corrected chi connectivity index (χ2v) is 13.9. The maximum absolute atomic E-state index is 13.4. The Balaban J connectivity index is 1.20. The molecular formula is C34H43F3N4O. The molecule has 5 nitrogen and oxygen atoms in total. The molecule has 3 aliphatic rings. The number of aromatic nitrogens is 2. The van der Waals surface area contributed by atoms with Gasteiger partial charge in [0.05, 0.1) is 16.6 Å². The third-order valence-electron chi connectivity index (χ3n) is 10.3. The van der Waals surface area contributed by atoms with Crippen LogP contribution in [0.1, 0.15) is 88.7 Å². The van der Waals surface area contributed by atoms with E-state index in [1.54, 1.807) is 12.1 Å². The molecule has 4 heterocycles. The lowest BCUT2D eigenvalue weighted by atomic mass is 9.69. The molecule has 226 valence electrons. The van der Waals surface area contributed by atoms with Crippen molar-refractivity contribution in [2.24, 2.45) is 5.41 Å². The fourth-order valence-corrected chi connectivity index (χ4v) is 8.10. The Hall–Kier alpha value is -2.87. The zero-order valence-electron chi connectivity index (χ0n) is 25.3. The van der Waals surface area contributed by atoms with Crippen LogP contribution in [0.25, 0.3) is 11.0 Å². The molecule has 0 aliphatic carbocycles. The number of carbonyl (C=O) groups excluding carboxylic acids is 1. The second-order valence-electron chi connectivity index (χ2n) is 13.9. The van der Waals surface area contributed by atoms with Gasteiger partial charge >= 0.3 is 6.18 Å². The molecule has 8 heteroatoms. The summed E-state index contributed by atoms with van der Waals surface area (Å²) in [5, 5.41) is 0. The van der Waals surface area contributed by atoms with Gasteiger partial charge in [0.25, 0.3) is 0 Å². The Morgan fingerprint density at radius 1 is 0.929 bits per heavy atom. The minimum atomic E-state index is -4.35. The number of halogens is 3. The number of fused-ring (bicyclic) bond motifs is 3. The molecule has 0 spiro atoms. The van der Waals surface area contributed by atoms with Crippen LogP contribution in [0, 0.1) is 12.3 Å². The van der Waals surface area contributed by atoms with Gasteiger partial charge in [-0.05, 0) is 93.7 Å². The highest BCUT2D eigenvalue weighted by atomic mass is 19.4. The number of benzene rings is 2. The van der Waals surface area contributed by atoms with Crippen LogP contribution in [0.5, 0.6) is 0 Å². The third kappa shape index (κ3) is 5.36. The molecule has 3 aromatic rings. The summed E-state index contributed by atoms with van der Waals surface area (Å²) < 4.78 is 42.6. The second kappa shape index (κ2) is 10.7. The number of aryl methyl sites for hydroxylation is 1. The molecule has 3 atom stereocenters. The first-order chi connectivity index (χ1) is 19.9. The molecule has 1 aromatic heterocycles. The molecule has 3 saturated heterocycles. The standard InChI is InChI=1S/C34H43F3N4O/c1-23-38-29-7-5-6-8-30(29)41(23)28-21-26-13-14-27(22-28)40(26)20-17-33(24-9-11-25(12-10-24)34(35,36)37)15-18-39(19-16-33)31(42)32(2,3)4/h5-12,26-28H,13-22H2,1-4H3/t26-,27+,28?. The topological polar surface area (TPSA) is 41.4 Å². The summed E-state index contributed by atoms with van der Waals surface area (Å²) in [6, 6.07) is 15.7. The van der Waals surface area contributed by atoms with Crippen LogP contribution >= 0.6 is 0 Å². The van der Waals surface area contributed by atoms with E-state index in [0.29, 0.717) is 31.2 Å². The largest absolute Gasteiger partial charge is 0.416 e. The minimum absolute atomic E-state index is 0.144. The number of nitrogens with zero attached hydrogens (tertiary/aromatic N) is 4. The van der Waals surface area contributed by atoms with Gasteiger partial charge in [-0.1, -0.05) is 45.0 Å². The lowest BCUT2D eigenvalue weighted by molar-refractivity contribution is -0.141. The molecule has 42 heavy (non-hydrogen) atoms. The molecular weight excluding hydrogens is 537 g/mol. The number of hydrogen-bond donors (Lipinski definition) is 0. The summed E-state index contributed by atoms with van der Waals surface area (Å²) in [5.74, 6) is 1.22. The Kier molecular flexibility index (Phi) is 7.43. The number of carbonyl (C=O) groups is 1. The lowest BCUT2D eigenvalue weighted by Gasteiger charge is -2.46. The van der Waals surface area contributed by atoms with Crippen molar-refractivity contribution in [1.29, 1.82) is 0 Å².